The summed E-state index contributed by atoms with van der Waals surface area (Å²) in [6, 6.07) is 0.0127. The van der Waals surface area contributed by atoms with E-state index >= 15 is 0 Å². The first-order chi connectivity index (χ1) is 5.34. The Labute approximate surface area is 69.4 Å². The van der Waals surface area contributed by atoms with Crippen LogP contribution in [0.25, 0.3) is 0 Å². The second kappa shape index (κ2) is 4.27. The van der Waals surface area contributed by atoms with E-state index in [2.05, 4.69) is 14.7 Å². The highest BCUT2D eigenvalue weighted by Gasteiger charge is 2.04. The highest BCUT2D eigenvalue weighted by atomic mass is 32.2. The zero-order valence-corrected chi connectivity index (χ0v) is 6.88. The average molecular weight is 171 g/mol. The summed E-state index contributed by atoms with van der Waals surface area (Å²) in [4.78, 5) is 7.94. The van der Waals surface area contributed by atoms with Crippen molar-refractivity contribution in [1.29, 1.82) is 0 Å². The Morgan fingerprint density at radius 3 is 3.00 bits per heavy atom. The lowest BCUT2D eigenvalue weighted by Gasteiger charge is -2.07. The van der Waals surface area contributed by atoms with Crippen molar-refractivity contribution >= 4 is 12.2 Å². The molecule has 1 unspecified atom stereocenters. The molecule has 0 amide bonds. The van der Waals surface area contributed by atoms with Crippen molar-refractivity contribution in [3.63, 3.8) is 0 Å². The van der Waals surface area contributed by atoms with E-state index in [-0.39, 0.29) is 6.04 Å². The van der Waals surface area contributed by atoms with Crippen LogP contribution in [0.4, 0.5) is 0 Å². The molecule has 0 saturated carbocycles. The average Bonchev–Trinajstić information content (AvgIpc) is 2.07. The van der Waals surface area contributed by atoms with E-state index in [1.165, 1.54) is 0 Å². The van der Waals surface area contributed by atoms with Gasteiger partial charge in [-0.2, -0.15) is 0 Å². The normalized spacial score (nSPS) is 12.9. The van der Waals surface area contributed by atoms with Gasteiger partial charge in [0.25, 0.3) is 0 Å². The smallest absolute Gasteiger partial charge is 0.0766 e. The van der Waals surface area contributed by atoms with Gasteiger partial charge in [0, 0.05) is 18.6 Å². The van der Waals surface area contributed by atoms with E-state index in [4.69, 9.17) is 4.55 Å². The van der Waals surface area contributed by atoms with Gasteiger partial charge < -0.3 is 4.55 Å². The number of hydrogen-bond acceptors (Lipinski definition) is 5. The maximum absolute atomic E-state index is 8.46. The minimum atomic E-state index is 0.0127. The second-order valence-corrected chi connectivity index (χ2v) is 2.48. The molecule has 0 spiro atoms. The SMILES string of the molecule is CC(NSO)c1cnccn1. The molecule has 0 saturated heterocycles. The van der Waals surface area contributed by atoms with Crippen molar-refractivity contribution in [3.8, 4) is 0 Å². The zero-order valence-electron chi connectivity index (χ0n) is 6.06. The molecule has 5 heteroatoms. The van der Waals surface area contributed by atoms with Gasteiger partial charge in [0.15, 0.2) is 0 Å². The van der Waals surface area contributed by atoms with E-state index in [0.29, 0.717) is 12.2 Å². The Bertz CT molecular complexity index is 206. The molecule has 0 bridgehead atoms. The predicted molar refractivity (Wildman–Crippen MR) is 43.8 cm³/mol. The van der Waals surface area contributed by atoms with Crippen LogP contribution in [0.2, 0.25) is 0 Å². The molecule has 4 nitrogen and oxygen atoms in total. The predicted octanol–water partition coefficient (Wildman–Crippen LogP) is 1.25. The Morgan fingerprint density at radius 2 is 2.45 bits per heavy atom. The molecule has 0 aliphatic rings. The van der Waals surface area contributed by atoms with Crippen LogP contribution in [0.1, 0.15) is 18.7 Å². The van der Waals surface area contributed by atoms with Crippen LogP contribution in [0.15, 0.2) is 18.6 Å². The molecule has 0 aromatic carbocycles. The number of hydrogen-bond donors (Lipinski definition) is 2. The van der Waals surface area contributed by atoms with Gasteiger partial charge in [-0.15, -0.1) is 0 Å². The maximum atomic E-state index is 8.46. The third-order valence-corrected chi connectivity index (χ3v) is 1.72. The molecule has 1 heterocycles. The Morgan fingerprint density at radius 1 is 1.64 bits per heavy atom. The number of rotatable bonds is 3. The Balaban J connectivity index is 2.61. The summed E-state index contributed by atoms with van der Waals surface area (Å²) in [6.45, 7) is 1.90. The van der Waals surface area contributed by atoms with Gasteiger partial charge >= 0.3 is 0 Å². The molecule has 1 atom stereocenters. The van der Waals surface area contributed by atoms with E-state index in [1.54, 1.807) is 18.6 Å². The second-order valence-electron chi connectivity index (χ2n) is 2.06. The largest absolute Gasteiger partial charge is 0.317 e. The molecule has 11 heavy (non-hydrogen) atoms. The van der Waals surface area contributed by atoms with Gasteiger partial charge in [0.1, 0.15) is 0 Å². The van der Waals surface area contributed by atoms with Crippen LogP contribution < -0.4 is 4.72 Å². The fraction of sp³-hybridized carbons (Fsp3) is 0.333. The molecule has 2 N–H and O–H groups in total. The number of aromatic nitrogens is 2. The lowest BCUT2D eigenvalue weighted by atomic mass is 10.3. The van der Waals surface area contributed by atoms with Gasteiger partial charge in [0.2, 0.25) is 0 Å². The minimum absolute atomic E-state index is 0.0127. The van der Waals surface area contributed by atoms with Crippen LogP contribution in [0.3, 0.4) is 0 Å². The molecule has 1 aromatic heterocycles. The molecule has 1 rings (SSSR count). The standard InChI is InChI=1S/C6H9N3OS/c1-5(9-11-10)6-4-7-2-3-8-6/h2-5,9-10H,1H3. The molecular formula is C6H9N3OS. The highest BCUT2D eigenvalue weighted by molar-refractivity contribution is 7.91. The van der Waals surface area contributed by atoms with E-state index in [9.17, 15) is 0 Å². The topological polar surface area (TPSA) is 58.0 Å². The van der Waals surface area contributed by atoms with Crippen LogP contribution in [-0.2, 0) is 0 Å². The van der Waals surface area contributed by atoms with Gasteiger partial charge in [-0.1, -0.05) is 0 Å². The summed E-state index contributed by atoms with van der Waals surface area (Å²) >= 11 is 0.587. The van der Waals surface area contributed by atoms with Crippen LogP contribution >= 0.6 is 12.2 Å². The van der Waals surface area contributed by atoms with Crippen molar-refractivity contribution in [2.45, 2.75) is 13.0 Å². The van der Waals surface area contributed by atoms with Gasteiger partial charge in [-0.05, 0) is 6.92 Å². The van der Waals surface area contributed by atoms with Crippen molar-refractivity contribution in [2.75, 3.05) is 0 Å². The summed E-state index contributed by atoms with van der Waals surface area (Å²) in [5.74, 6) is 0. The molecule has 0 fully saturated rings. The first-order valence-corrected chi connectivity index (χ1v) is 3.94. The fourth-order valence-corrected chi connectivity index (χ4v) is 0.953. The summed E-state index contributed by atoms with van der Waals surface area (Å²) in [7, 11) is 0. The van der Waals surface area contributed by atoms with Gasteiger partial charge in [0.05, 0.1) is 24.0 Å². The van der Waals surface area contributed by atoms with E-state index < -0.39 is 0 Å². The van der Waals surface area contributed by atoms with Gasteiger partial charge in [-0.25, -0.2) is 4.72 Å². The molecule has 0 aliphatic heterocycles. The van der Waals surface area contributed by atoms with Crippen molar-refractivity contribution in [1.82, 2.24) is 14.7 Å². The van der Waals surface area contributed by atoms with Crippen LogP contribution in [0, 0.1) is 0 Å². The molecule has 60 valence electrons. The monoisotopic (exact) mass is 171 g/mol. The van der Waals surface area contributed by atoms with Gasteiger partial charge in [-0.3, -0.25) is 9.97 Å². The quantitative estimate of drug-likeness (QED) is 0.529. The summed E-state index contributed by atoms with van der Waals surface area (Å²) < 4.78 is 11.2. The molecule has 0 aliphatic carbocycles. The Kier molecular flexibility index (Phi) is 3.28. The van der Waals surface area contributed by atoms with E-state index in [1.807, 2.05) is 6.92 Å². The number of nitrogens with one attached hydrogen (secondary N) is 1. The molecule has 0 radical (unpaired) electrons. The minimum Gasteiger partial charge on any atom is -0.317 e. The fourth-order valence-electron chi connectivity index (χ4n) is 0.674. The van der Waals surface area contributed by atoms with E-state index in [0.717, 1.165) is 5.69 Å². The third kappa shape index (κ3) is 2.45. The van der Waals surface area contributed by atoms with Crippen molar-refractivity contribution in [2.24, 2.45) is 0 Å². The highest BCUT2D eigenvalue weighted by Crippen LogP contribution is 2.08. The lowest BCUT2D eigenvalue weighted by molar-refractivity contribution is 0.622. The molecule has 1 aromatic rings. The Hall–Kier alpha value is -0.650. The summed E-state index contributed by atoms with van der Waals surface area (Å²) in [6.07, 6.45) is 4.89. The summed E-state index contributed by atoms with van der Waals surface area (Å²) in [5.41, 5.74) is 0.814. The zero-order chi connectivity index (χ0) is 8.10. The molecular weight excluding hydrogens is 162 g/mol. The first kappa shape index (κ1) is 8.45. The van der Waals surface area contributed by atoms with Crippen molar-refractivity contribution in [3.05, 3.63) is 24.3 Å². The van der Waals surface area contributed by atoms with Crippen LogP contribution in [0.5, 0.6) is 0 Å². The third-order valence-electron chi connectivity index (χ3n) is 1.26. The first-order valence-electron chi connectivity index (χ1n) is 3.16. The van der Waals surface area contributed by atoms with Crippen molar-refractivity contribution < 1.29 is 4.55 Å². The number of nitrogens with zero attached hydrogens (tertiary/aromatic N) is 2. The lowest BCUT2D eigenvalue weighted by Crippen LogP contribution is -2.11. The summed E-state index contributed by atoms with van der Waals surface area (Å²) in [5, 5.41) is 0. The maximum Gasteiger partial charge on any atom is 0.0766 e. The van der Waals surface area contributed by atoms with Crippen LogP contribution in [-0.4, -0.2) is 14.5 Å².